The van der Waals surface area contributed by atoms with Gasteiger partial charge in [0.05, 0.1) is 44.8 Å². The summed E-state index contributed by atoms with van der Waals surface area (Å²) in [4.78, 5) is 0. The first-order valence-electron chi connectivity index (χ1n) is 16.9. The summed E-state index contributed by atoms with van der Waals surface area (Å²) in [7, 11) is 0. The summed E-state index contributed by atoms with van der Waals surface area (Å²) in [5.74, 6) is 0. The highest BCUT2D eigenvalue weighted by atomic mass is 15.0. The third-order valence-electron chi connectivity index (χ3n) is 10.3. The average Bonchev–Trinajstić information content (AvgIpc) is 3.70. The molecule has 238 valence electrons. The molecule has 5 nitrogen and oxygen atoms in total. The van der Waals surface area contributed by atoms with Gasteiger partial charge in [-0.25, -0.2) is 0 Å². The Hall–Kier alpha value is -7.13. The zero-order valence-electron chi connectivity index (χ0n) is 27.8. The minimum Gasteiger partial charge on any atom is -0.310 e. The molecule has 0 radical (unpaired) electrons. The van der Waals surface area contributed by atoms with Crippen LogP contribution in [0.15, 0.2) is 140 Å². The predicted molar refractivity (Wildman–Crippen MR) is 204 cm³/mol. The first kappa shape index (κ1) is 30.0. The molecule has 0 fully saturated rings. The van der Waals surface area contributed by atoms with Crippen LogP contribution >= 0.6 is 0 Å². The van der Waals surface area contributed by atoms with Crippen LogP contribution in [0.2, 0.25) is 0 Å². The van der Waals surface area contributed by atoms with Crippen LogP contribution in [0.5, 0.6) is 0 Å². The van der Waals surface area contributed by atoms with Gasteiger partial charge in [-0.2, -0.15) is 15.8 Å². The molecule has 6 aromatic carbocycles. The highest BCUT2D eigenvalue weighted by Gasteiger charge is 2.30. The number of allylic oxidation sites excluding steroid dienone is 1. The van der Waals surface area contributed by atoms with E-state index in [0.29, 0.717) is 17.5 Å². The summed E-state index contributed by atoms with van der Waals surface area (Å²) in [5, 5.41) is 33.4. The fraction of sp³-hybridized carbons (Fsp3) is 0.0652. The average molecular weight is 652 g/mol. The Morgan fingerprint density at radius 2 is 1.16 bits per heavy atom. The quantitative estimate of drug-likeness (QED) is 0.190. The molecule has 8 aromatic rings. The van der Waals surface area contributed by atoms with Crippen LogP contribution in [-0.2, 0) is 6.42 Å². The lowest BCUT2D eigenvalue weighted by atomic mass is 9.80. The molecular formula is C46H29N5. The van der Waals surface area contributed by atoms with Crippen LogP contribution in [0.25, 0.3) is 72.4 Å². The van der Waals surface area contributed by atoms with Crippen molar-refractivity contribution >= 4 is 38.8 Å². The van der Waals surface area contributed by atoms with Crippen LogP contribution in [0, 0.1) is 39.4 Å². The van der Waals surface area contributed by atoms with Gasteiger partial charge in [0.1, 0.15) is 12.1 Å². The van der Waals surface area contributed by atoms with Crippen molar-refractivity contribution in [2.24, 2.45) is 5.41 Å². The second-order valence-corrected chi connectivity index (χ2v) is 13.4. The maximum Gasteiger partial charge on any atom is 0.101 e. The first-order chi connectivity index (χ1) is 25.0. The van der Waals surface area contributed by atoms with Gasteiger partial charge in [-0.1, -0.05) is 91.0 Å². The fourth-order valence-electron chi connectivity index (χ4n) is 7.77. The molecule has 0 saturated carbocycles. The third-order valence-corrected chi connectivity index (χ3v) is 10.3. The molecule has 0 spiro atoms. The van der Waals surface area contributed by atoms with E-state index >= 15 is 0 Å². The van der Waals surface area contributed by atoms with Crippen molar-refractivity contribution in [1.82, 2.24) is 9.13 Å². The number of aromatic nitrogens is 2. The van der Waals surface area contributed by atoms with E-state index < -0.39 is 5.41 Å². The Labute approximate surface area is 295 Å². The van der Waals surface area contributed by atoms with Crippen LogP contribution in [0.1, 0.15) is 29.3 Å². The second kappa shape index (κ2) is 11.5. The van der Waals surface area contributed by atoms with Crippen molar-refractivity contribution in [2.75, 3.05) is 0 Å². The van der Waals surface area contributed by atoms with Gasteiger partial charge < -0.3 is 9.13 Å². The molecule has 5 heteroatoms. The Morgan fingerprint density at radius 1 is 0.569 bits per heavy atom. The lowest BCUT2D eigenvalue weighted by Gasteiger charge is -2.22. The number of nitriles is 3. The standard InChI is InChI=1S/C46H29N5/c1-46(29-49)22-21-44-40(26-46)38-13-4-5-14-41(38)50(44)35-19-17-30(18-20-35)31-9-8-10-32(23-31)39-24-33(27-47)34(28-48)25-45(39)51-42-15-6-2-11-36(42)37-12-3-7-16-43(37)51/h2-25H,26H2,1H3. The first-order valence-corrected chi connectivity index (χ1v) is 16.9. The molecule has 1 unspecified atom stereocenters. The van der Waals surface area contributed by atoms with Crippen molar-refractivity contribution in [2.45, 2.75) is 13.3 Å². The number of hydrogen-bond acceptors (Lipinski definition) is 3. The van der Waals surface area contributed by atoms with E-state index in [1.165, 1.54) is 10.9 Å². The molecule has 0 aliphatic heterocycles. The molecule has 0 saturated heterocycles. The van der Waals surface area contributed by atoms with Crippen molar-refractivity contribution in [3.63, 3.8) is 0 Å². The number of para-hydroxylation sites is 3. The van der Waals surface area contributed by atoms with E-state index in [4.69, 9.17) is 0 Å². The summed E-state index contributed by atoms with van der Waals surface area (Å²) >= 11 is 0. The monoisotopic (exact) mass is 651 g/mol. The lowest BCUT2D eigenvalue weighted by molar-refractivity contribution is 0.562. The smallest absolute Gasteiger partial charge is 0.101 e. The molecule has 0 bridgehead atoms. The summed E-state index contributed by atoms with van der Waals surface area (Å²) in [5.41, 5.74) is 11.5. The fourth-order valence-corrected chi connectivity index (χ4v) is 7.77. The van der Waals surface area contributed by atoms with Crippen molar-refractivity contribution in [3.05, 3.63) is 162 Å². The Kier molecular flexibility index (Phi) is 6.75. The van der Waals surface area contributed by atoms with Gasteiger partial charge in [0.2, 0.25) is 0 Å². The molecule has 1 atom stereocenters. The molecule has 0 N–H and O–H groups in total. The van der Waals surface area contributed by atoms with Gasteiger partial charge in [0.15, 0.2) is 0 Å². The highest BCUT2D eigenvalue weighted by molar-refractivity contribution is 6.09. The van der Waals surface area contributed by atoms with Crippen LogP contribution in [0.4, 0.5) is 0 Å². The minimum atomic E-state index is -0.527. The van der Waals surface area contributed by atoms with Crippen LogP contribution in [0.3, 0.4) is 0 Å². The largest absolute Gasteiger partial charge is 0.310 e. The number of rotatable bonds is 4. The van der Waals surface area contributed by atoms with Gasteiger partial charge in [-0.05, 0) is 90.2 Å². The van der Waals surface area contributed by atoms with E-state index in [1.54, 1.807) is 0 Å². The number of benzene rings is 6. The van der Waals surface area contributed by atoms with E-state index in [1.807, 2.05) is 55.5 Å². The van der Waals surface area contributed by atoms with Gasteiger partial charge >= 0.3 is 0 Å². The van der Waals surface area contributed by atoms with Crippen molar-refractivity contribution < 1.29 is 0 Å². The summed E-state index contributed by atoms with van der Waals surface area (Å²) in [6, 6.07) is 52.7. The minimum absolute atomic E-state index is 0.344. The lowest BCUT2D eigenvalue weighted by Crippen LogP contribution is -2.18. The van der Waals surface area contributed by atoms with Crippen LogP contribution < -0.4 is 0 Å². The van der Waals surface area contributed by atoms with E-state index in [9.17, 15) is 15.8 Å². The molecule has 1 aliphatic carbocycles. The summed E-state index contributed by atoms with van der Waals surface area (Å²) < 4.78 is 4.50. The van der Waals surface area contributed by atoms with Gasteiger partial charge in [0, 0.05) is 33.1 Å². The van der Waals surface area contributed by atoms with Gasteiger partial charge in [0.25, 0.3) is 0 Å². The third kappa shape index (κ3) is 4.67. The maximum absolute atomic E-state index is 10.1. The number of nitrogens with zero attached hydrogens (tertiary/aromatic N) is 5. The second-order valence-electron chi connectivity index (χ2n) is 13.4. The van der Waals surface area contributed by atoms with Gasteiger partial charge in [-0.3, -0.25) is 0 Å². The predicted octanol–water partition coefficient (Wildman–Crippen LogP) is 10.9. The maximum atomic E-state index is 10.1. The summed E-state index contributed by atoms with van der Waals surface area (Å²) in [6.45, 7) is 1.99. The number of hydrogen-bond donors (Lipinski definition) is 0. The number of fused-ring (bicyclic) bond motifs is 6. The van der Waals surface area contributed by atoms with E-state index in [0.717, 1.165) is 66.6 Å². The van der Waals surface area contributed by atoms with E-state index in [2.05, 4.69) is 124 Å². The molecule has 2 aromatic heterocycles. The molecule has 9 rings (SSSR count). The molecule has 2 heterocycles. The molecule has 0 amide bonds. The molecule has 51 heavy (non-hydrogen) atoms. The van der Waals surface area contributed by atoms with Crippen molar-refractivity contribution in [1.29, 1.82) is 15.8 Å². The summed E-state index contributed by atoms with van der Waals surface area (Å²) in [6.07, 6.45) is 4.80. The topological polar surface area (TPSA) is 81.2 Å². The van der Waals surface area contributed by atoms with Crippen LogP contribution in [-0.4, -0.2) is 9.13 Å². The molecular weight excluding hydrogens is 623 g/mol. The molecule has 1 aliphatic rings. The zero-order chi connectivity index (χ0) is 34.7. The van der Waals surface area contributed by atoms with Crippen molar-refractivity contribution in [3.8, 4) is 51.8 Å². The van der Waals surface area contributed by atoms with Gasteiger partial charge in [-0.15, -0.1) is 0 Å². The Bertz CT molecular complexity index is 2830. The SMILES string of the molecule is CC1(C#N)C=Cc2c(c3ccccc3n2-c2ccc(-c3cccc(-c4cc(C#N)c(C#N)cc4-n4c5ccccc5c5ccccc54)c3)cc2)C1. The Morgan fingerprint density at radius 3 is 1.80 bits per heavy atom. The normalized spacial score (nSPS) is 15.0. The highest BCUT2D eigenvalue weighted by Crippen LogP contribution is 2.41. The zero-order valence-corrected chi connectivity index (χ0v) is 27.8. The van der Waals surface area contributed by atoms with E-state index in [-0.39, 0.29) is 0 Å². The Balaban J connectivity index is 1.17.